The number of amides is 1. The topological polar surface area (TPSA) is 38.3 Å². The van der Waals surface area contributed by atoms with E-state index in [0.29, 0.717) is 5.75 Å². The summed E-state index contributed by atoms with van der Waals surface area (Å²) in [4.78, 5) is 11.9. The summed E-state index contributed by atoms with van der Waals surface area (Å²) in [6.07, 6.45) is -4.40. The second-order valence-electron chi connectivity index (χ2n) is 5.61. The lowest BCUT2D eigenvalue weighted by atomic mass is 10.1. The van der Waals surface area contributed by atoms with E-state index in [2.05, 4.69) is 5.32 Å². The highest BCUT2D eigenvalue weighted by atomic mass is 19.4. The fraction of sp³-hybridized carbons (Fsp3) is 0.278. The Morgan fingerprint density at radius 1 is 1.00 bits per heavy atom. The number of carbonyl (C=O) groups excluding carboxylic acids is 1. The molecule has 0 saturated heterocycles. The largest absolute Gasteiger partial charge is 0.483 e. The van der Waals surface area contributed by atoms with Crippen molar-refractivity contribution in [2.45, 2.75) is 26.9 Å². The lowest BCUT2D eigenvalue weighted by Crippen LogP contribution is -2.20. The molecule has 0 aliphatic rings. The van der Waals surface area contributed by atoms with Gasteiger partial charge in [0, 0.05) is 5.69 Å². The van der Waals surface area contributed by atoms with Crippen LogP contribution in [0.3, 0.4) is 0 Å². The first kappa shape index (κ1) is 17.8. The number of halogens is 3. The Bertz CT molecular complexity index is 737. The first-order valence-electron chi connectivity index (χ1n) is 7.34. The molecule has 0 aliphatic carbocycles. The minimum absolute atomic E-state index is 0.218. The zero-order valence-electron chi connectivity index (χ0n) is 13.6. The number of hydrogen-bond donors (Lipinski definition) is 1. The Balaban J connectivity index is 1.95. The third-order valence-corrected chi connectivity index (χ3v) is 3.65. The number of ether oxygens (including phenoxy) is 1. The lowest BCUT2D eigenvalue weighted by Gasteiger charge is -2.12. The molecule has 0 spiro atoms. The van der Waals surface area contributed by atoms with Crippen molar-refractivity contribution in [3.63, 3.8) is 0 Å². The summed E-state index contributed by atoms with van der Waals surface area (Å²) in [6, 6.07) is 8.09. The Hall–Kier alpha value is -2.50. The van der Waals surface area contributed by atoms with E-state index < -0.39 is 17.6 Å². The number of benzene rings is 2. The molecule has 0 heterocycles. The van der Waals surface area contributed by atoms with Crippen molar-refractivity contribution in [2.24, 2.45) is 0 Å². The van der Waals surface area contributed by atoms with Crippen LogP contribution in [-0.2, 0) is 11.0 Å². The molecular formula is C18H18F3NO2. The fourth-order valence-electron chi connectivity index (χ4n) is 2.17. The molecule has 0 unspecified atom stereocenters. The number of hydrogen-bond acceptors (Lipinski definition) is 2. The van der Waals surface area contributed by atoms with Gasteiger partial charge in [0.05, 0.1) is 5.56 Å². The molecule has 0 bridgehead atoms. The zero-order chi connectivity index (χ0) is 17.9. The molecule has 2 aromatic rings. The van der Waals surface area contributed by atoms with E-state index in [4.69, 9.17) is 4.74 Å². The summed E-state index contributed by atoms with van der Waals surface area (Å²) in [5.74, 6) is 0.174. The monoisotopic (exact) mass is 337 g/mol. The first-order valence-corrected chi connectivity index (χ1v) is 7.34. The van der Waals surface area contributed by atoms with E-state index in [0.717, 1.165) is 28.8 Å². The van der Waals surface area contributed by atoms with Gasteiger partial charge in [0.2, 0.25) is 0 Å². The predicted molar refractivity (Wildman–Crippen MR) is 86.2 cm³/mol. The summed E-state index contributed by atoms with van der Waals surface area (Å²) < 4.78 is 42.9. The van der Waals surface area contributed by atoms with E-state index >= 15 is 0 Å². The maximum Gasteiger partial charge on any atom is 0.416 e. The number of carbonyl (C=O) groups is 1. The zero-order valence-corrected chi connectivity index (χ0v) is 13.6. The van der Waals surface area contributed by atoms with Crippen LogP contribution in [0.1, 0.15) is 22.3 Å². The molecule has 0 aliphatic heterocycles. The molecule has 0 aromatic heterocycles. The fourth-order valence-corrected chi connectivity index (χ4v) is 2.17. The minimum Gasteiger partial charge on any atom is -0.483 e. The van der Waals surface area contributed by atoms with Crippen molar-refractivity contribution in [3.05, 3.63) is 58.7 Å². The highest BCUT2D eigenvalue weighted by molar-refractivity contribution is 5.91. The molecule has 6 heteroatoms. The van der Waals surface area contributed by atoms with Crippen LogP contribution in [0.15, 0.2) is 36.4 Å². The molecule has 1 amide bonds. The third-order valence-electron chi connectivity index (χ3n) is 3.65. The van der Waals surface area contributed by atoms with Crippen LogP contribution in [0.25, 0.3) is 0 Å². The highest BCUT2D eigenvalue weighted by Crippen LogP contribution is 2.29. The van der Waals surface area contributed by atoms with Crippen LogP contribution >= 0.6 is 0 Å². The summed E-state index contributed by atoms with van der Waals surface area (Å²) in [7, 11) is 0. The maximum atomic E-state index is 12.5. The van der Waals surface area contributed by atoms with E-state index in [9.17, 15) is 18.0 Å². The van der Waals surface area contributed by atoms with Gasteiger partial charge in [0.25, 0.3) is 5.91 Å². The van der Waals surface area contributed by atoms with Crippen molar-refractivity contribution in [2.75, 3.05) is 11.9 Å². The van der Waals surface area contributed by atoms with Crippen LogP contribution in [-0.4, -0.2) is 12.5 Å². The number of anilines is 1. The second-order valence-corrected chi connectivity index (χ2v) is 5.61. The Morgan fingerprint density at radius 2 is 1.58 bits per heavy atom. The van der Waals surface area contributed by atoms with Gasteiger partial charge in [-0.25, -0.2) is 0 Å². The smallest absolute Gasteiger partial charge is 0.416 e. The van der Waals surface area contributed by atoms with Gasteiger partial charge >= 0.3 is 6.18 Å². The van der Waals surface area contributed by atoms with Gasteiger partial charge in [-0.2, -0.15) is 13.2 Å². The van der Waals surface area contributed by atoms with E-state index in [1.54, 1.807) is 0 Å². The molecule has 2 rings (SSSR count). The SMILES string of the molecule is Cc1cc(C)c(OCC(=O)Nc2ccc(C(F)(F)F)cc2)cc1C. The average Bonchev–Trinajstić information content (AvgIpc) is 2.49. The van der Waals surface area contributed by atoms with Gasteiger partial charge in [0.15, 0.2) is 6.61 Å². The van der Waals surface area contributed by atoms with Crippen LogP contribution in [0.5, 0.6) is 5.75 Å². The molecule has 24 heavy (non-hydrogen) atoms. The van der Waals surface area contributed by atoms with E-state index in [1.807, 2.05) is 32.9 Å². The van der Waals surface area contributed by atoms with Gasteiger partial charge in [-0.15, -0.1) is 0 Å². The molecule has 128 valence electrons. The third kappa shape index (κ3) is 4.50. The summed E-state index contributed by atoms with van der Waals surface area (Å²) in [5.41, 5.74) is 2.63. The molecule has 2 aromatic carbocycles. The normalized spacial score (nSPS) is 11.2. The second kappa shape index (κ2) is 6.95. The van der Waals surface area contributed by atoms with Crippen molar-refractivity contribution in [1.82, 2.24) is 0 Å². The maximum absolute atomic E-state index is 12.5. The van der Waals surface area contributed by atoms with Gasteiger partial charge in [0.1, 0.15) is 5.75 Å². The molecule has 1 N–H and O–H groups in total. The van der Waals surface area contributed by atoms with Gasteiger partial charge in [-0.1, -0.05) is 6.07 Å². The van der Waals surface area contributed by atoms with Crippen LogP contribution in [0, 0.1) is 20.8 Å². The Morgan fingerprint density at radius 3 is 2.17 bits per heavy atom. The van der Waals surface area contributed by atoms with Gasteiger partial charge < -0.3 is 10.1 Å². The van der Waals surface area contributed by atoms with Crippen molar-refractivity contribution < 1.29 is 22.7 Å². The van der Waals surface area contributed by atoms with Gasteiger partial charge in [-0.3, -0.25) is 4.79 Å². The predicted octanol–water partition coefficient (Wildman–Crippen LogP) is 4.65. The molecule has 0 saturated carbocycles. The van der Waals surface area contributed by atoms with Crippen molar-refractivity contribution in [3.8, 4) is 5.75 Å². The number of aryl methyl sites for hydroxylation is 3. The number of alkyl halides is 3. The van der Waals surface area contributed by atoms with Gasteiger partial charge in [-0.05, 0) is 67.8 Å². The number of rotatable bonds is 4. The quantitative estimate of drug-likeness (QED) is 0.882. The average molecular weight is 337 g/mol. The molecule has 0 atom stereocenters. The van der Waals surface area contributed by atoms with Crippen LogP contribution in [0.2, 0.25) is 0 Å². The summed E-state index contributed by atoms with van der Waals surface area (Å²) in [5, 5.41) is 2.51. The Labute approximate surface area is 138 Å². The van der Waals surface area contributed by atoms with Crippen molar-refractivity contribution >= 4 is 11.6 Å². The summed E-state index contributed by atoms with van der Waals surface area (Å²) >= 11 is 0. The highest BCUT2D eigenvalue weighted by Gasteiger charge is 2.29. The summed E-state index contributed by atoms with van der Waals surface area (Å²) in [6.45, 7) is 5.60. The molecule has 0 radical (unpaired) electrons. The van der Waals surface area contributed by atoms with Crippen LogP contribution in [0.4, 0.5) is 18.9 Å². The standard InChI is InChI=1S/C18H18F3NO2/c1-11-8-13(3)16(9-12(11)2)24-10-17(23)22-15-6-4-14(5-7-15)18(19,20)21/h4-9H,10H2,1-3H3,(H,22,23). The van der Waals surface area contributed by atoms with Crippen LogP contribution < -0.4 is 10.1 Å². The lowest BCUT2D eigenvalue weighted by molar-refractivity contribution is -0.137. The van der Waals surface area contributed by atoms with Crippen molar-refractivity contribution in [1.29, 1.82) is 0 Å². The molecule has 0 fully saturated rings. The van der Waals surface area contributed by atoms with E-state index in [-0.39, 0.29) is 12.3 Å². The Kier molecular flexibility index (Phi) is 5.17. The minimum atomic E-state index is -4.40. The molecule has 3 nitrogen and oxygen atoms in total. The molecular weight excluding hydrogens is 319 g/mol. The van der Waals surface area contributed by atoms with E-state index in [1.165, 1.54) is 12.1 Å². The first-order chi connectivity index (χ1) is 11.2. The number of nitrogens with one attached hydrogen (secondary N) is 1.